The van der Waals surface area contributed by atoms with Crippen LogP contribution in [-0.4, -0.2) is 16.6 Å². The number of furan rings is 1. The van der Waals surface area contributed by atoms with Gasteiger partial charge in [-0.2, -0.15) is 0 Å². The van der Waals surface area contributed by atoms with Crippen LogP contribution in [0.15, 0.2) is 34.7 Å². The minimum absolute atomic E-state index is 0.144. The van der Waals surface area contributed by atoms with E-state index >= 15 is 0 Å². The molecule has 1 aliphatic rings. The third-order valence-electron chi connectivity index (χ3n) is 3.84. The number of nitrogens with zero attached hydrogens (tertiary/aromatic N) is 1. The van der Waals surface area contributed by atoms with Gasteiger partial charge in [-0.15, -0.1) is 11.3 Å². The summed E-state index contributed by atoms with van der Waals surface area (Å²) < 4.78 is 5.65. The minimum atomic E-state index is -0.201. The predicted octanol–water partition coefficient (Wildman–Crippen LogP) is 3.80. The number of hydrogen-bond acceptors (Lipinski definition) is 5. The Balaban J connectivity index is 1.90. The summed E-state index contributed by atoms with van der Waals surface area (Å²) in [6.45, 7) is 3.82. The number of ketones is 2. The van der Waals surface area contributed by atoms with Crippen LogP contribution in [0.5, 0.6) is 0 Å². The van der Waals surface area contributed by atoms with Crippen molar-refractivity contribution in [3.8, 4) is 10.8 Å². The maximum absolute atomic E-state index is 12.6. The SMILES string of the molecule is Cc1cc(-c2nc3c(s2)C(=O)c2ccccc2C3=O)oc1C. The molecule has 1 aromatic carbocycles. The van der Waals surface area contributed by atoms with Crippen LogP contribution in [0.4, 0.5) is 0 Å². The molecule has 108 valence electrons. The Morgan fingerprint density at radius 1 is 1.05 bits per heavy atom. The lowest BCUT2D eigenvalue weighted by Gasteiger charge is -2.11. The van der Waals surface area contributed by atoms with Crippen molar-refractivity contribution < 1.29 is 14.0 Å². The van der Waals surface area contributed by atoms with E-state index in [-0.39, 0.29) is 17.3 Å². The highest BCUT2D eigenvalue weighted by Crippen LogP contribution is 2.36. The number of aryl methyl sites for hydroxylation is 2. The van der Waals surface area contributed by atoms with Crippen LogP contribution in [0.2, 0.25) is 0 Å². The number of aromatic nitrogens is 1. The maximum Gasteiger partial charge on any atom is 0.213 e. The van der Waals surface area contributed by atoms with E-state index in [1.54, 1.807) is 24.3 Å². The lowest BCUT2D eigenvalue weighted by Crippen LogP contribution is -2.19. The standard InChI is InChI=1S/C17H11NO3S/c1-8-7-12(21-9(8)2)17-18-13-14(19)10-5-3-4-6-11(10)15(20)16(13)22-17/h3-7H,1-2H3. The van der Waals surface area contributed by atoms with E-state index in [2.05, 4.69) is 4.98 Å². The number of benzene rings is 1. The van der Waals surface area contributed by atoms with Gasteiger partial charge in [-0.25, -0.2) is 4.98 Å². The molecule has 4 rings (SSSR count). The monoisotopic (exact) mass is 309 g/mol. The van der Waals surface area contributed by atoms with E-state index in [0.29, 0.717) is 26.8 Å². The average Bonchev–Trinajstić information content (AvgIpc) is 3.10. The van der Waals surface area contributed by atoms with Crippen molar-refractivity contribution in [1.29, 1.82) is 0 Å². The molecule has 0 atom stereocenters. The molecular formula is C17H11NO3S. The highest BCUT2D eigenvalue weighted by molar-refractivity contribution is 7.17. The molecule has 2 heterocycles. The van der Waals surface area contributed by atoms with E-state index in [4.69, 9.17) is 4.42 Å². The molecule has 4 nitrogen and oxygen atoms in total. The smallest absolute Gasteiger partial charge is 0.213 e. The van der Waals surface area contributed by atoms with Crippen molar-refractivity contribution in [2.75, 3.05) is 0 Å². The van der Waals surface area contributed by atoms with Gasteiger partial charge in [0.2, 0.25) is 11.6 Å². The predicted molar refractivity (Wildman–Crippen MR) is 82.6 cm³/mol. The quantitative estimate of drug-likeness (QED) is 0.536. The van der Waals surface area contributed by atoms with Crippen molar-refractivity contribution in [1.82, 2.24) is 4.98 Å². The molecule has 1 aliphatic carbocycles. The molecule has 3 aromatic rings. The van der Waals surface area contributed by atoms with Gasteiger partial charge in [-0.05, 0) is 25.5 Å². The van der Waals surface area contributed by atoms with Crippen molar-refractivity contribution in [2.24, 2.45) is 0 Å². The summed E-state index contributed by atoms with van der Waals surface area (Å²) in [6.07, 6.45) is 0. The molecule has 22 heavy (non-hydrogen) atoms. The van der Waals surface area contributed by atoms with E-state index in [1.165, 1.54) is 11.3 Å². The largest absolute Gasteiger partial charge is 0.459 e. The number of carbonyl (C=O) groups excluding carboxylic acids is 2. The fourth-order valence-corrected chi connectivity index (χ4v) is 3.51. The Morgan fingerprint density at radius 2 is 1.73 bits per heavy atom. The maximum atomic E-state index is 12.6. The fourth-order valence-electron chi connectivity index (χ4n) is 2.54. The average molecular weight is 309 g/mol. The molecule has 0 N–H and O–H groups in total. The molecular weight excluding hydrogens is 298 g/mol. The summed E-state index contributed by atoms with van der Waals surface area (Å²) in [5.74, 6) is 1.06. The first-order chi connectivity index (χ1) is 10.6. The van der Waals surface area contributed by atoms with Crippen molar-refractivity contribution in [2.45, 2.75) is 13.8 Å². The number of carbonyl (C=O) groups is 2. The number of hydrogen-bond donors (Lipinski definition) is 0. The fraction of sp³-hybridized carbons (Fsp3) is 0.118. The molecule has 0 radical (unpaired) electrons. The van der Waals surface area contributed by atoms with Gasteiger partial charge in [-0.1, -0.05) is 24.3 Å². The topological polar surface area (TPSA) is 60.2 Å². The first-order valence-electron chi connectivity index (χ1n) is 6.83. The highest BCUT2D eigenvalue weighted by Gasteiger charge is 2.33. The number of rotatable bonds is 1. The van der Waals surface area contributed by atoms with Crippen LogP contribution in [0, 0.1) is 13.8 Å². The van der Waals surface area contributed by atoms with Gasteiger partial charge in [-0.3, -0.25) is 9.59 Å². The Hall–Kier alpha value is -2.53. The first-order valence-corrected chi connectivity index (χ1v) is 7.64. The third kappa shape index (κ3) is 1.72. The first kappa shape index (κ1) is 13.2. The molecule has 0 amide bonds. The Bertz CT molecular complexity index is 877. The Morgan fingerprint density at radius 3 is 2.36 bits per heavy atom. The molecule has 0 saturated heterocycles. The van der Waals surface area contributed by atoms with Crippen LogP contribution in [0.3, 0.4) is 0 Å². The van der Waals surface area contributed by atoms with Crippen LogP contribution in [-0.2, 0) is 0 Å². The van der Waals surface area contributed by atoms with Crippen LogP contribution in [0.25, 0.3) is 10.8 Å². The zero-order valence-electron chi connectivity index (χ0n) is 12.0. The van der Waals surface area contributed by atoms with Gasteiger partial charge in [0.05, 0.1) is 0 Å². The molecule has 0 bridgehead atoms. The lowest BCUT2D eigenvalue weighted by atomic mass is 9.91. The van der Waals surface area contributed by atoms with Gasteiger partial charge < -0.3 is 4.42 Å². The number of fused-ring (bicyclic) bond motifs is 2. The third-order valence-corrected chi connectivity index (χ3v) is 4.91. The van der Waals surface area contributed by atoms with Crippen molar-refractivity contribution in [3.05, 3.63) is 63.4 Å². The van der Waals surface area contributed by atoms with E-state index in [1.807, 2.05) is 19.9 Å². The lowest BCUT2D eigenvalue weighted by molar-refractivity contribution is 0.0979. The van der Waals surface area contributed by atoms with Gasteiger partial charge >= 0.3 is 0 Å². The van der Waals surface area contributed by atoms with Crippen molar-refractivity contribution in [3.63, 3.8) is 0 Å². The summed E-state index contributed by atoms with van der Waals surface area (Å²) in [5, 5.41) is 0.565. The van der Waals surface area contributed by atoms with Gasteiger partial charge in [0.25, 0.3) is 0 Å². The van der Waals surface area contributed by atoms with E-state index < -0.39 is 0 Å². The zero-order chi connectivity index (χ0) is 15.4. The van der Waals surface area contributed by atoms with Crippen molar-refractivity contribution >= 4 is 22.9 Å². The molecule has 5 heteroatoms. The van der Waals surface area contributed by atoms with E-state index in [0.717, 1.165) is 11.3 Å². The molecule has 2 aromatic heterocycles. The Kier molecular flexibility index (Phi) is 2.68. The van der Waals surface area contributed by atoms with Gasteiger partial charge in [0.1, 0.15) is 16.3 Å². The van der Waals surface area contributed by atoms with Gasteiger partial charge in [0, 0.05) is 11.1 Å². The van der Waals surface area contributed by atoms with E-state index in [9.17, 15) is 9.59 Å². The Labute approximate surface area is 130 Å². The van der Waals surface area contributed by atoms with Crippen LogP contribution >= 0.6 is 11.3 Å². The second-order valence-electron chi connectivity index (χ2n) is 5.25. The molecule has 0 unspecified atom stereocenters. The molecule has 0 spiro atoms. The molecule has 0 fully saturated rings. The molecule has 0 saturated carbocycles. The number of thiazole rings is 1. The zero-order valence-corrected chi connectivity index (χ0v) is 12.8. The highest BCUT2D eigenvalue weighted by atomic mass is 32.1. The van der Waals surface area contributed by atoms with Gasteiger partial charge in [0.15, 0.2) is 10.8 Å². The minimum Gasteiger partial charge on any atom is -0.459 e. The summed E-state index contributed by atoms with van der Waals surface area (Å²) in [4.78, 5) is 29.8. The van der Waals surface area contributed by atoms with Crippen LogP contribution < -0.4 is 0 Å². The molecule has 0 aliphatic heterocycles. The second-order valence-corrected chi connectivity index (χ2v) is 6.25. The summed E-state index contributed by atoms with van der Waals surface area (Å²) in [6, 6.07) is 8.73. The summed E-state index contributed by atoms with van der Waals surface area (Å²) in [5.41, 5.74) is 2.12. The summed E-state index contributed by atoms with van der Waals surface area (Å²) >= 11 is 1.21. The second kappa shape index (κ2) is 4.48. The summed E-state index contributed by atoms with van der Waals surface area (Å²) in [7, 11) is 0. The normalized spacial score (nSPS) is 13.2. The van der Waals surface area contributed by atoms with Crippen LogP contribution in [0.1, 0.15) is 42.6 Å².